The molecule has 1 rings (SSSR count). The normalized spacial score (nSPS) is 8.90. The van der Waals surface area contributed by atoms with Gasteiger partial charge in [0.2, 0.25) is 0 Å². The van der Waals surface area contributed by atoms with Crippen LogP contribution >= 0.6 is 0 Å². The van der Waals surface area contributed by atoms with Crippen molar-refractivity contribution in [2.24, 2.45) is 0 Å². The van der Waals surface area contributed by atoms with Gasteiger partial charge in [-0.2, -0.15) is 0 Å². The zero-order valence-electron chi connectivity index (χ0n) is 5.15. The molecule has 0 unspecified atom stereocenters. The third kappa shape index (κ3) is 1.38. The molecular weight excluding hydrogens is 195 g/mol. The Kier molecular flexibility index (Phi) is 2.49. The van der Waals surface area contributed by atoms with Crippen molar-refractivity contribution in [3.05, 3.63) is 29.8 Å². The van der Waals surface area contributed by atoms with Gasteiger partial charge in [-0.1, -0.05) is 0 Å². The van der Waals surface area contributed by atoms with Gasteiger partial charge in [0, 0.05) is 0 Å². The predicted octanol–water partition coefficient (Wildman–Crippen LogP) is 0.694. The molecule has 2 nitrogen and oxygen atoms in total. The van der Waals surface area contributed by atoms with Gasteiger partial charge in [0.25, 0.3) is 0 Å². The second kappa shape index (κ2) is 3.40. The molecule has 1 aromatic carbocycles. The average molecular weight is 201 g/mol. The molecule has 0 saturated heterocycles. The summed E-state index contributed by atoms with van der Waals surface area (Å²) in [6.07, 6.45) is 0.767. The fourth-order valence-corrected chi connectivity index (χ4v) is 1.01. The van der Waals surface area contributed by atoms with Crippen LogP contribution in [0.2, 0.25) is 0 Å². The van der Waals surface area contributed by atoms with Gasteiger partial charge in [-0.15, -0.1) is 0 Å². The van der Waals surface area contributed by atoms with Gasteiger partial charge in [0.1, 0.15) is 0 Å². The van der Waals surface area contributed by atoms with E-state index in [1.54, 1.807) is 18.2 Å². The summed E-state index contributed by atoms with van der Waals surface area (Å²) in [6.45, 7) is 0. The van der Waals surface area contributed by atoms with Gasteiger partial charge in [-0.3, -0.25) is 0 Å². The Hall–Kier alpha value is -0.791. The van der Waals surface area contributed by atoms with Crippen molar-refractivity contribution in [3.8, 4) is 5.75 Å². The van der Waals surface area contributed by atoms with Crippen LogP contribution in [0, 0.1) is 0 Å². The molecule has 1 aromatic rings. The first-order valence-corrected chi connectivity index (χ1v) is 3.50. The molecule has 10 heavy (non-hydrogen) atoms. The Balaban J connectivity index is 3.08. The first-order valence-electron chi connectivity index (χ1n) is 2.74. The molecule has 0 bridgehead atoms. The van der Waals surface area contributed by atoms with Gasteiger partial charge in [-0.05, 0) is 0 Å². The summed E-state index contributed by atoms with van der Waals surface area (Å²) in [7, 11) is 0. The van der Waals surface area contributed by atoms with Crippen molar-refractivity contribution in [2.75, 3.05) is 0 Å². The van der Waals surface area contributed by atoms with E-state index in [9.17, 15) is 4.79 Å². The fourth-order valence-electron chi connectivity index (χ4n) is 0.661. The van der Waals surface area contributed by atoms with Crippen LogP contribution in [-0.4, -0.2) is 22.6 Å². The molecule has 0 atom stereocenters. The third-order valence-electron chi connectivity index (χ3n) is 1.14. The van der Waals surface area contributed by atoms with Crippen LogP contribution in [0.3, 0.4) is 0 Å². The van der Waals surface area contributed by atoms with Crippen molar-refractivity contribution in [2.45, 2.75) is 0 Å². The molecule has 52 valence electrons. The van der Waals surface area contributed by atoms with Gasteiger partial charge in [-0.25, -0.2) is 0 Å². The Morgan fingerprint density at radius 3 is 2.60 bits per heavy atom. The number of hydrogen-bond acceptors (Lipinski definition) is 2. The Bertz CT molecular complexity index is 235. The van der Waals surface area contributed by atoms with E-state index >= 15 is 0 Å². The predicted molar refractivity (Wildman–Crippen MR) is 39.6 cm³/mol. The molecule has 0 fully saturated rings. The summed E-state index contributed by atoms with van der Waals surface area (Å²) in [5, 5.41) is 0. The topological polar surface area (TPSA) is 26.3 Å². The van der Waals surface area contributed by atoms with Crippen molar-refractivity contribution < 1.29 is 8.61 Å². The maximum atomic E-state index is 10.3. The van der Waals surface area contributed by atoms with E-state index < -0.39 is 0 Å². The Labute approximate surface area is 67.3 Å². The van der Waals surface area contributed by atoms with E-state index in [1.165, 1.54) is 0 Å². The SMILES string of the molecule is O=Cc1ccccc1O[SeH]. The van der Waals surface area contributed by atoms with Gasteiger partial charge in [0.05, 0.1) is 0 Å². The van der Waals surface area contributed by atoms with Crippen LogP contribution in [0.1, 0.15) is 10.4 Å². The van der Waals surface area contributed by atoms with E-state index in [2.05, 4.69) is 0 Å². The number of carbonyl (C=O) groups excluding carboxylic acids is 1. The van der Waals surface area contributed by atoms with E-state index in [0.29, 0.717) is 11.3 Å². The molecule has 0 aliphatic rings. The quantitative estimate of drug-likeness (QED) is 0.519. The zero-order chi connectivity index (χ0) is 7.40. The van der Waals surface area contributed by atoms with Crippen LogP contribution in [0.15, 0.2) is 24.3 Å². The van der Waals surface area contributed by atoms with E-state index in [0.717, 1.165) is 6.29 Å². The third-order valence-corrected chi connectivity index (χ3v) is 1.56. The van der Waals surface area contributed by atoms with Crippen molar-refractivity contribution >= 4 is 22.6 Å². The van der Waals surface area contributed by atoms with Crippen LogP contribution in [0.5, 0.6) is 5.75 Å². The molecule has 0 aliphatic heterocycles. The van der Waals surface area contributed by atoms with Gasteiger partial charge in [0.15, 0.2) is 0 Å². The molecule has 0 radical (unpaired) electrons. The molecule has 0 amide bonds. The zero-order valence-corrected chi connectivity index (χ0v) is 7.03. The standard InChI is InChI=1S/C7H6O2Se/c8-5-6-3-1-2-4-7(6)9-10/h1-5,10H. The summed E-state index contributed by atoms with van der Waals surface area (Å²) in [4.78, 5) is 10.3. The van der Waals surface area contributed by atoms with Crippen LogP contribution in [-0.2, 0) is 0 Å². The molecule has 0 aliphatic carbocycles. The second-order valence-electron chi connectivity index (χ2n) is 1.75. The molecule has 0 N–H and O–H groups in total. The minimum atomic E-state index is 0.572. The van der Waals surface area contributed by atoms with Gasteiger partial charge >= 0.3 is 66.8 Å². The van der Waals surface area contributed by atoms with Crippen molar-refractivity contribution in [1.29, 1.82) is 0 Å². The Morgan fingerprint density at radius 2 is 2.10 bits per heavy atom. The number of aldehydes is 1. The minimum absolute atomic E-state index is 0.572. The van der Waals surface area contributed by atoms with Crippen LogP contribution in [0.25, 0.3) is 0 Å². The summed E-state index contributed by atoms with van der Waals surface area (Å²) in [5.41, 5.74) is 0.572. The second-order valence-corrected chi connectivity index (χ2v) is 2.13. The summed E-state index contributed by atoms with van der Waals surface area (Å²) < 4.78 is 4.84. The number of para-hydroxylation sites is 1. The molecule has 0 spiro atoms. The molecule has 3 heteroatoms. The van der Waals surface area contributed by atoms with E-state index in [1.807, 2.05) is 22.4 Å². The van der Waals surface area contributed by atoms with Crippen molar-refractivity contribution in [1.82, 2.24) is 0 Å². The first kappa shape index (κ1) is 7.32. The summed E-state index contributed by atoms with van der Waals surface area (Å²) in [6, 6.07) is 7.05. The summed E-state index contributed by atoms with van der Waals surface area (Å²) in [5.74, 6) is 0.595. The maximum absolute atomic E-state index is 10.3. The Morgan fingerprint density at radius 1 is 1.40 bits per heavy atom. The number of rotatable bonds is 2. The van der Waals surface area contributed by atoms with Crippen LogP contribution < -0.4 is 3.82 Å². The number of carbonyl (C=O) groups is 1. The monoisotopic (exact) mass is 202 g/mol. The van der Waals surface area contributed by atoms with E-state index in [-0.39, 0.29) is 0 Å². The molecule has 0 saturated carbocycles. The van der Waals surface area contributed by atoms with E-state index in [4.69, 9.17) is 3.82 Å². The molecule has 0 heterocycles. The number of hydrogen-bond donors (Lipinski definition) is 0. The molecular formula is C7H6O2Se. The number of benzene rings is 1. The average Bonchev–Trinajstić information content (AvgIpc) is 2.04. The fraction of sp³-hybridized carbons (Fsp3) is 0. The van der Waals surface area contributed by atoms with Gasteiger partial charge < -0.3 is 0 Å². The van der Waals surface area contributed by atoms with Crippen molar-refractivity contribution in [3.63, 3.8) is 0 Å². The van der Waals surface area contributed by atoms with Crippen LogP contribution in [0.4, 0.5) is 0 Å². The summed E-state index contributed by atoms with van der Waals surface area (Å²) >= 11 is 1.96. The first-order chi connectivity index (χ1) is 4.88. The molecule has 0 aromatic heterocycles.